The van der Waals surface area contributed by atoms with Gasteiger partial charge in [0.15, 0.2) is 19.9 Å². The van der Waals surface area contributed by atoms with E-state index in [0.29, 0.717) is 12.9 Å². The molecule has 0 aliphatic heterocycles. The molecule has 23 heavy (non-hydrogen) atoms. The first-order chi connectivity index (χ1) is 10.9. The van der Waals surface area contributed by atoms with Gasteiger partial charge in [0.05, 0.1) is 10.6 Å². The number of halogens is 2. The van der Waals surface area contributed by atoms with Crippen LogP contribution >= 0.6 is 11.6 Å². The molecule has 0 amide bonds. The van der Waals surface area contributed by atoms with Crippen LogP contribution in [0.3, 0.4) is 0 Å². The average Bonchev–Trinajstić information content (AvgIpc) is 3.31. The van der Waals surface area contributed by atoms with E-state index in [0.717, 1.165) is 37.0 Å². The van der Waals surface area contributed by atoms with Crippen LogP contribution in [0, 0.1) is 5.82 Å². The monoisotopic (exact) mass is 358 g/mol. The Morgan fingerprint density at radius 1 is 1.26 bits per heavy atom. The lowest BCUT2D eigenvalue weighted by Gasteiger charge is -2.33. The summed E-state index contributed by atoms with van der Waals surface area (Å²) in [5.74, 6) is -0.607. The summed E-state index contributed by atoms with van der Waals surface area (Å²) in [4.78, 5) is 10.7. The molecule has 0 heterocycles. The first-order valence-corrected chi connectivity index (χ1v) is 11.1. The second-order valence-corrected chi connectivity index (χ2v) is 11.3. The minimum atomic E-state index is -1.72. The zero-order chi connectivity index (χ0) is 17.1. The van der Waals surface area contributed by atoms with Crippen LogP contribution < -0.4 is 4.74 Å². The Bertz CT molecular complexity index is 540. The maximum atomic E-state index is 14.0. The van der Waals surface area contributed by atoms with E-state index in [2.05, 4.69) is 20.8 Å². The molecule has 1 fully saturated rings. The van der Waals surface area contributed by atoms with Crippen molar-refractivity contribution in [3.63, 3.8) is 0 Å². The fourth-order valence-electron chi connectivity index (χ4n) is 2.83. The summed E-state index contributed by atoms with van der Waals surface area (Å²) in [5.41, 5.74) is -0.0838. The normalized spacial score (nSPS) is 16.2. The maximum absolute atomic E-state index is 14.0. The van der Waals surface area contributed by atoms with Crippen molar-refractivity contribution in [3.8, 4) is 5.75 Å². The van der Waals surface area contributed by atoms with Crippen LogP contribution in [0.25, 0.3) is 0 Å². The van der Waals surface area contributed by atoms with Gasteiger partial charge < -0.3 is 9.16 Å². The van der Waals surface area contributed by atoms with E-state index in [1.165, 1.54) is 6.07 Å². The third-order valence-electron chi connectivity index (χ3n) is 4.81. The van der Waals surface area contributed by atoms with Crippen LogP contribution in [-0.2, 0) is 4.43 Å². The molecular formula is C17H24ClFO3Si. The second-order valence-electron chi connectivity index (χ2n) is 6.25. The lowest BCUT2D eigenvalue weighted by atomic mass is 10.2. The van der Waals surface area contributed by atoms with E-state index in [1.54, 1.807) is 0 Å². The smallest absolute Gasteiger partial charge is 0.193 e. The van der Waals surface area contributed by atoms with Crippen LogP contribution in [-0.4, -0.2) is 26.8 Å². The van der Waals surface area contributed by atoms with Gasteiger partial charge in [0.2, 0.25) is 0 Å². The Morgan fingerprint density at radius 3 is 2.30 bits per heavy atom. The molecule has 1 aromatic carbocycles. The van der Waals surface area contributed by atoms with Gasteiger partial charge in [0.25, 0.3) is 0 Å². The molecule has 1 aromatic rings. The van der Waals surface area contributed by atoms with Crippen molar-refractivity contribution < 1.29 is 18.3 Å². The molecule has 3 nitrogen and oxygen atoms in total. The van der Waals surface area contributed by atoms with Crippen LogP contribution in [0.4, 0.5) is 4.39 Å². The summed E-state index contributed by atoms with van der Waals surface area (Å²) in [5, 5.41) is 0.118. The zero-order valence-electron chi connectivity index (χ0n) is 14.0. The minimum Gasteiger partial charge on any atom is -0.486 e. The van der Waals surface area contributed by atoms with E-state index < -0.39 is 14.1 Å². The van der Waals surface area contributed by atoms with Crippen molar-refractivity contribution in [1.82, 2.24) is 0 Å². The molecule has 0 unspecified atom stereocenters. The number of carbonyl (C=O) groups excluding carboxylic acids is 1. The van der Waals surface area contributed by atoms with Crippen LogP contribution in [0.2, 0.25) is 23.2 Å². The van der Waals surface area contributed by atoms with E-state index >= 15 is 0 Å². The van der Waals surface area contributed by atoms with Crippen molar-refractivity contribution >= 4 is 26.2 Å². The van der Waals surface area contributed by atoms with Crippen molar-refractivity contribution in [2.75, 3.05) is 6.61 Å². The summed E-state index contributed by atoms with van der Waals surface area (Å²) < 4.78 is 26.2. The fourth-order valence-corrected chi connectivity index (χ4v) is 6.22. The summed E-state index contributed by atoms with van der Waals surface area (Å²) in [7, 11) is -1.72. The third kappa shape index (κ3) is 4.14. The van der Waals surface area contributed by atoms with Gasteiger partial charge in [-0.25, -0.2) is 4.39 Å². The van der Waals surface area contributed by atoms with E-state index in [9.17, 15) is 9.18 Å². The van der Waals surface area contributed by atoms with Crippen molar-refractivity contribution in [3.05, 3.63) is 28.5 Å². The molecule has 1 saturated carbocycles. The predicted molar refractivity (Wildman–Crippen MR) is 92.5 cm³/mol. The molecule has 0 N–H and O–H groups in total. The molecule has 0 saturated heterocycles. The number of aldehydes is 1. The highest BCUT2D eigenvalue weighted by Gasteiger charge is 2.50. The van der Waals surface area contributed by atoms with E-state index in [4.69, 9.17) is 20.8 Å². The summed E-state index contributed by atoms with van der Waals surface area (Å²) in [6.07, 6.45) is 2.44. The summed E-state index contributed by atoms with van der Waals surface area (Å²) in [6.45, 7) is 6.86. The summed E-state index contributed by atoms with van der Waals surface area (Å²) in [6, 6.07) is 5.77. The highest BCUT2D eigenvalue weighted by Crippen LogP contribution is 2.45. The molecule has 1 aliphatic carbocycles. The standard InChI is InChI=1S/C17H24ClFO3Si/c1-4-23(5-2,6-3)22-17(7-8-17)12-21-16-14(18)9-13(11-20)10-15(16)19/h9-11H,4-8,12H2,1-3H3. The van der Waals surface area contributed by atoms with Gasteiger partial charge in [-0.15, -0.1) is 0 Å². The van der Waals surface area contributed by atoms with Gasteiger partial charge in [-0.3, -0.25) is 4.79 Å². The Morgan fingerprint density at radius 2 is 1.87 bits per heavy atom. The van der Waals surface area contributed by atoms with E-state index in [-0.39, 0.29) is 21.9 Å². The zero-order valence-corrected chi connectivity index (χ0v) is 15.7. The SMILES string of the molecule is CC[Si](CC)(CC)OC1(COc2c(F)cc(C=O)cc2Cl)CC1. The molecule has 128 valence electrons. The largest absolute Gasteiger partial charge is 0.486 e. The van der Waals surface area contributed by atoms with Gasteiger partial charge >= 0.3 is 0 Å². The Kier molecular flexibility index (Phi) is 5.87. The topological polar surface area (TPSA) is 35.5 Å². The molecule has 6 heteroatoms. The van der Waals surface area contributed by atoms with Gasteiger partial charge in [0, 0.05) is 5.56 Å². The maximum Gasteiger partial charge on any atom is 0.193 e. The minimum absolute atomic E-state index is 0.00361. The number of benzene rings is 1. The molecule has 0 atom stereocenters. The summed E-state index contributed by atoms with van der Waals surface area (Å²) >= 11 is 6.02. The average molecular weight is 359 g/mol. The molecule has 0 aromatic heterocycles. The predicted octanol–water partition coefficient (Wildman–Crippen LogP) is 5.22. The van der Waals surface area contributed by atoms with Crippen molar-refractivity contribution in [1.29, 1.82) is 0 Å². The van der Waals surface area contributed by atoms with Crippen molar-refractivity contribution in [2.45, 2.75) is 57.3 Å². The lowest BCUT2D eigenvalue weighted by molar-refractivity contribution is 0.0949. The second kappa shape index (κ2) is 7.32. The molecular weight excluding hydrogens is 335 g/mol. The van der Waals surface area contributed by atoms with Crippen LogP contribution in [0.1, 0.15) is 44.0 Å². The van der Waals surface area contributed by atoms with Gasteiger partial charge in [-0.05, 0) is 43.1 Å². The Balaban J connectivity index is 2.07. The number of hydrogen-bond acceptors (Lipinski definition) is 3. The molecule has 1 aliphatic rings. The lowest BCUT2D eigenvalue weighted by Crippen LogP contribution is -2.43. The van der Waals surface area contributed by atoms with Crippen LogP contribution in [0.15, 0.2) is 12.1 Å². The highest BCUT2D eigenvalue weighted by atomic mass is 35.5. The van der Waals surface area contributed by atoms with Gasteiger partial charge in [0.1, 0.15) is 12.9 Å². The van der Waals surface area contributed by atoms with Gasteiger partial charge in [-0.2, -0.15) is 0 Å². The Hall–Kier alpha value is -0.913. The number of carbonyl (C=O) groups is 1. The van der Waals surface area contributed by atoms with Gasteiger partial charge in [-0.1, -0.05) is 32.4 Å². The van der Waals surface area contributed by atoms with Crippen molar-refractivity contribution in [2.24, 2.45) is 0 Å². The number of ether oxygens (including phenoxy) is 1. The number of hydrogen-bond donors (Lipinski definition) is 0. The quantitative estimate of drug-likeness (QED) is 0.448. The Labute approximate surface area is 143 Å². The highest BCUT2D eigenvalue weighted by molar-refractivity contribution is 6.73. The fraction of sp³-hybridized carbons (Fsp3) is 0.588. The third-order valence-corrected chi connectivity index (χ3v) is 9.82. The van der Waals surface area contributed by atoms with Crippen LogP contribution in [0.5, 0.6) is 5.75 Å². The molecule has 0 radical (unpaired) electrons. The first-order valence-electron chi connectivity index (χ1n) is 8.20. The number of rotatable bonds is 9. The molecule has 2 rings (SSSR count). The van der Waals surface area contributed by atoms with E-state index in [1.807, 2.05) is 0 Å². The molecule has 0 spiro atoms. The molecule has 0 bridgehead atoms. The first kappa shape index (κ1) is 18.4.